The fourth-order valence-electron chi connectivity index (χ4n) is 6.38. The summed E-state index contributed by atoms with van der Waals surface area (Å²) in [6.07, 6.45) is 11.5. The van der Waals surface area contributed by atoms with E-state index in [0.29, 0.717) is 5.92 Å². The van der Waals surface area contributed by atoms with E-state index < -0.39 is 0 Å². The Morgan fingerprint density at radius 1 is 1.15 bits per heavy atom. The number of nitrogens with zero attached hydrogens (tertiary/aromatic N) is 2. The predicted octanol–water partition coefficient (Wildman–Crippen LogP) is 5.40. The fraction of sp³-hybridized carbons (Fsp3) is 0.583. The molecule has 0 radical (unpaired) electrons. The summed E-state index contributed by atoms with van der Waals surface area (Å²) in [7, 11) is 0. The molecule has 26 heavy (non-hydrogen) atoms. The number of fused-ring (bicyclic) bond motifs is 5. The van der Waals surface area contributed by atoms with Crippen molar-refractivity contribution in [3.05, 3.63) is 47.9 Å². The highest BCUT2D eigenvalue weighted by atomic mass is 15.0. The molecule has 1 aromatic carbocycles. The van der Waals surface area contributed by atoms with Crippen LogP contribution in [0.3, 0.4) is 0 Å². The van der Waals surface area contributed by atoms with Crippen molar-refractivity contribution < 1.29 is 4.57 Å². The molecular weight excluding hydrogens is 316 g/mol. The van der Waals surface area contributed by atoms with E-state index in [1.165, 1.54) is 61.9 Å². The highest BCUT2D eigenvalue weighted by Gasteiger charge is 2.44. The quantitative estimate of drug-likeness (QED) is 0.677. The van der Waals surface area contributed by atoms with Crippen molar-refractivity contribution in [3.63, 3.8) is 0 Å². The topological polar surface area (TPSA) is 16.8 Å². The minimum atomic E-state index is 0.263. The van der Waals surface area contributed by atoms with E-state index in [0.717, 1.165) is 18.4 Å². The predicted molar refractivity (Wildman–Crippen MR) is 105 cm³/mol. The summed E-state index contributed by atoms with van der Waals surface area (Å²) in [5.74, 6) is 2.57. The minimum Gasteiger partial charge on any atom is -0.229 e. The number of hydrogen-bond acceptors (Lipinski definition) is 1. The molecule has 2 aromatic rings. The lowest BCUT2D eigenvalue weighted by Gasteiger charge is -2.37. The minimum absolute atomic E-state index is 0.263. The molecule has 0 saturated heterocycles. The molecule has 4 atom stereocenters. The summed E-state index contributed by atoms with van der Waals surface area (Å²) in [6.45, 7) is 5.75. The van der Waals surface area contributed by atoms with Crippen LogP contribution in [0.1, 0.15) is 76.0 Å². The molecule has 0 spiro atoms. The van der Waals surface area contributed by atoms with Gasteiger partial charge in [-0.25, -0.2) is 4.57 Å². The Morgan fingerprint density at radius 2 is 2.04 bits per heavy atom. The molecule has 2 heteroatoms. The van der Waals surface area contributed by atoms with Crippen LogP contribution in [0, 0.1) is 11.8 Å². The second kappa shape index (κ2) is 6.18. The van der Waals surface area contributed by atoms with Crippen LogP contribution >= 0.6 is 0 Å². The van der Waals surface area contributed by atoms with Crippen molar-refractivity contribution in [2.75, 3.05) is 0 Å². The molecule has 5 rings (SSSR count). The molecule has 1 aromatic heterocycles. The van der Waals surface area contributed by atoms with E-state index in [9.17, 15) is 0 Å². The Kier molecular flexibility index (Phi) is 3.92. The average molecular weight is 348 g/mol. The molecule has 2 nitrogen and oxygen atoms in total. The van der Waals surface area contributed by atoms with Gasteiger partial charge >= 0.3 is 0 Å². The van der Waals surface area contributed by atoms with Gasteiger partial charge in [-0.1, -0.05) is 55.9 Å². The van der Waals surface area contributed by atoms with Crippen LogP contribution in [0.4, 0.5) is 0 Å². The molecule has 2 saturated carbocycles. The van der Waals surface area contributed by atoms with Crippen LogP contribution in [0.25, 0.3) is 11.3 Å². The van der Waals surface area contributed by atoms with Crippen molar-refractivity contribution in [2.45, 2.75) is 76.7 Å². The molecule has 136 valence electrons. The molecule has 2 bridgehead atoms. The van der Waals surface area contributed by atoms with Gasteiger partial charge in [0.15, 0.2) is 5.69 Å². The Balaban J connectivity index is 1.60. The van der Waals surface area contributed by atoms with E-state index in [2.05, 4.69) is 55.1 Å². The standard InChI is InChI=1S/C24H31N2/c1-3-11-24(4-2)15-26-16-25-22(20-13-17-9-10-18(20)12-17)14-23(26)19-7-5-6-8-21(19)24/h5-8,14,16-18,20H,3-4,9-13,15H2,1-2H3/q+1. The third-order valence-corrected chi connectivity index (χ3v) is 7.71. The smallest absolute Gasteiger partial charge is 0.229 e. The van der Waals surface area contributed by atoms with Crippen molar-refractivity contribution in [1.82, 2.24) is 4.98 Å². The van der Waals surface area contributed by atoms with Gasteiger partial charge in [-0.05, 0) is 49.5 Å². The van der Waals surface area contributed by atoms with Gasteiger partial charge < -0.3 is 0 Å². The largest absolute Gasteiger partial charge is 0.286 e. The van der Waals surface area contributed by atoms with Gasteiger partial charge in [0.05, 0.1) is 0 Å². The first-order valence-corrected chi connectivity index (χ1v) is 10.7. The number of aromatic nitrogens is 2. The van der Waals surface area contributed by atoms with Crippen molar-refractivity contribution >= 4 is 0 Å². The van der Waals surface area contributed by atoms with Crippen molar-refractivity contribution in [2.24, 2.45) is 11.8 Å². The van der Waals surface area contributed by atoms with Gasteiger partial charge in [-0.15, -0.1) is 0 Å². The lowest BCUT2D eigenvalue weighted by molar-refractivity contribution is -0.700. The van der Waals surface area contributed by atoms with Crippen LogP contribution in [0.5, 0.6) is 0 Å². The first-order chi connectivity index (χ1) is 12.7. The number of hydrogen-bond donors (Lipinski definition) is 0. The second-order valence-electron chi connectivity index (χ2n) is 9.04. The normalized spacial score (nSPS) is 31.7. The maximum atomic E-state index is 4.99. The van der Waals surface area contributed by atoms with Crippen LogP contribution in [-0.4, -0.2) is 4.98 Å². The average Bonchev–Trinajstić information content (AvgIpc) is 3.31. The summed E-state index contributed by atoms with van der Waals surface area (Å²) in [6, 6.07) is 11.6. The van der Waals surface area contributed by atoms with E-state index in [4.69, 9.17) is 4.98 Å². The summed E-state index contributed by atoms with van der Waals surface area (Å²) in [4.78, 5) is 4.99. The van der Waals surface area contributed by atoms with E-state index >= 15 is 0 Å². The number of rotatable bonds is 4. The van der Waals surface area contributed by atoms with Crippen molar-refractivity contribution in [3.8, 4) is 11.3 Å². The Morgan fingerprint density at radius 3 is 2.77 bits per heavy atom. The third kappa shape index (κ3) is 2.37. The van der Waals surface area contributed by atoms with Crippen LogP contribution in [0.15, 0.2) is 36.7 Å². The molecule has 0 amide bonds. The number of benzene rings is 1. The van der Waals surface area contributed by atoms with E-state index in [-0.39, 0.29) is 5.41 Å². The summed E-state index contributed by atoms with van der Waals surface area (Å²) in [5.41, 5.74) is 6.03. The van der Waals surface area contributed by atoms with Gasteiger partial charge in [0.1, 0.15) is 12.2 Å². The SMILES string of the molecule is CCCC1(CC)C[n+]2cnc(C3CC4CCC3C4)cc2-c2ccccc21. The summed E-state index contributed by atoms with van der Waals surface area (Å²) < 4.78 is 2.44. The van der Waals surface area contributed by atoms with Crippen LogP contribution < -0.4 is 4.57 Å². The first kappa shape index (κ1) is 16.5. The first-order valence-electron chi connectivity index (χ1n) is 10.7. The zero-order valence-corrected chi connectivity index (χ0v) is 16.2. The highest BCUT2D eigenvalue weighted by Crippen LogP contribution is 2.52. The monoisotopic (exact) mass is 347 g/mol. The van der Waals surface area contributed by atoms with Crippen molar-refractivity contribution in [1.29, 1.82) is 0 Å². The van der Waals surface area contributed by atoms with Gasteiger partial charge in [0.25, 0.3) is 6.33 Å². The maximum absolute atomic E-state index is 4.99. The second-order valence-corrected chi connectivity index (χ2v) is 9.04. The van der Waals surface area contributed by atoms with Gasteiger partial charge in [0, 0.05) is 23.0 Å². The Bertz CT molecular complexity index is 827. The lowest BCUT2D eigenvalue weighted by atomic mass is 9.70. The van der Waals surface area contributed by atoms with Crippen LogP contribution in [0.2, 0.25) is 0 Å². The zero-order valence-electron chi connectivity index (χ0n) is 16.2. The molecule has 1 aliphatic heterocycles. The summed E-state index contributed by atoms with van der Waals surface area (Å²) in [5, 5.41) is 0. The van der Waals surface area contributed by atoms with Gasteiger partial charge in [0.2, 0.25) is 0 Å². The van der Waals surface area contributed by atoms with Gasteiger partial charge in [-0.2, -0.15) is 0 Å². The molecular formula is C24H31N2+. The molecule has 2 aliphatic carbocycles. The zero-order chi connectivity index (χ0) is 17.7. The van der Waals surface area contributed by atoms with Gasteiger partial charge in [-0.3, -0.25) is 0 Å². The molecule has 2 fully saturated rings. The Labute approximate surface area is 157 Å². The van der Waals surface area contributed by atoms with E-state index in [1.807, 2.05) is 0 Å². The molecule has 2 heterocycles. The maximum Gasteiger partial charge on any atom is 0.286 e. The van der Waals surface area contributed by atoms with E-state index in [1.54, 1.807) is 5.56 Å². The third-order valence-electron chi connectivity index (χ3n) is 7.71. The lowest BCUT2D eigenvalue weighted by Crippen LogP contribution is -2.51. The fourth-order valence-corrected chi connectivity index (χ4v) is 6.38. The molecule has 3 aliphatic rings. The highest BCUT2D eigenvalue weighted by molar-refractivity contribution is 5.64. The molecule has 0 N–H and O–H groups in total. The summed E-state index contributed by atoms with van der Waals surface area (Å²) >= 11 is 0. The van der Waals surface area contributed by atoms with Crippen LogP contribution in [-0.2, 0) is 12.0 Å². The molecule has 4 unspecified atom stereocenters. The Hall–Kier alpha value is -1.70.